The van der Waals surface area contributed by atoms with Crippen LogP contribution in [-0.4, -0.2) is 24.3 Å². The highest BCUT2D eigenvalue weighted by Crippen LogP contribution is 2.49. The molecule has 1 amide bonds. The van der Waals surface area contributed by atoms with Crippen molar-refractivity contribution in [1.82, 2.24) is 0 Å². The number of amides is 1. The second kappa shape index (κ2) is 6.89. The van der Waals surface area contributed by atoms with Crippen molar-refractivity contribution in [2.45, 2.75) is 25.2 Å². The molecule has 1 aliphatic rings. The molecule has 2 aromatic carbocycles. The standard InChI is InChI=1S/C20H19NO4/c1-14(22)15-6-5-9-17(12-15)21-18(23)13-25-19(24)20(10-11-20)16-7-3-2-4-8-16/h2-9,12H,10-11,13H2,1H3,(H,21,23). The number of Topliss-reactive ketones (excluding diaryl/α,β-unsaturated/α-hetero) is 1. The molecule has 3 rings (SSSR count). The fourth-order valence-corrected chi connectivity index (χ4v) is 2.78. The molecular weight excluding hydrogens is 318 g/mol. The summed E-state index contributed by atoms with van der Waals surface area (Å²) in [7, 11) is 0. The Balaban J connectivity index is 1.57. The number of anilines is 1. The Hall–Kier alpha value is -2.95. The number of ether oxygens (including phenoxy) is 1. The van der Waals surface area contributed by atoms with Crippen LogP contribution in [0.15, 0.2) is 54.6 Å². The minimum Gasteiger partial charge on any atom is -0.455 e. The lowest BCUT2D eigenvalue weighted by Gasteiger charge is -2.14. The number of hydrogen-bond donors (Lipinski definition) is 1. The molecule has 1 saturated carbocycles. The van der Waals surface area contributed by atoms with E-state index in [-0.39, 0.29) is 18.4 Å². The molecule has 5 heteroatoms. The summed E-state index contributed by atoms with van der Waals surface area (Å²) in [5, 5.41) is 2.64. The summed E-state index contributed by atoms with van der Waals surface area (Å²) in [4.78, 5) is 35.8. The van der Waals surface area contributed by atoms with Gasteiger partial charge in [-0.3, -0.25) is 14.4 Å². The summed E-state index contributed by atoms with van der Waals surface area (Å²) >= 11 is 0. The highest BCUT2D eigenvalue weighted by atomic mass is 16.5. The van der Waals surface area contributed by atoms with E-state index in [4.69, 9.17) is 4.74 Å². The van der Waals surface area contributed by atoms with Crippen LogP contribution in [0.3, 0.4) is 0 Å². The summed E-state index contributed by atoms with van der Waals surface area (Å²) < 4.78 is 5.22. The minimum absolute atomic E-state index is 0.0823. The molecule has 0 atom stereocenters. The molecule has 0 aromatic heterocycles. The number of carbonyl (C=O) groups is 3. The van der Waals surface area contributed by atoms with Gasteiger partial charge in [0.15, 0.2) is 12.4 Å². The van der Waals surface area contributed by atoms with Crippen LogP contribution >= 0.6 is 0 Å². The monoisotopic (exact) mass is 337 g/mol. The number of rotatable bonds is 6. The zero-order valence-corrected chi connectivity index (χ0v) is 14.0. The van der Waals surface area contributed by atoms with E-state index in [2.05, 4.69) is 5.32 Å². The second-order valence-corrected chi connectivity index (χ2v) is 6.21. The summed E-state index contributed by atoms with van der Waals surface area (Å²) in [6, 6.07) is 16.1. The van der Waals surface area contributed by atoms with Crippen LogP contribution in [0.2, 0.25) is 0 Å². The van der Waals surface area contributed by atoms with Crippen molar-refractivity contribution < 1.29 is 19.1 Å². The molecule has 1 N–H and O–H groups in total. The average Bonchev–Trinajstić information content (AvgIpc) is 3.42. The van der Waals surface area contributed by atoms with E-state index in [1.807, 2.05) is 30.3 Å². The van der Waals surface area contributed by atoms with Gasteiger partial charge in [0.25, 0.3) is 5.91 Å². The van der Waals surface area contributed by atoms with Gasteiger partial charge in [0.05, 0.1) is 5.41 Å². The third-order valence-corrected chi connectivity index (χ3v) is 4.35. The van der Waals surface area contributed by atoms with Crippen molar-refractivity contribution in [3.05, 3.63) is 65.7 Å². The van der Waals surface area contributed by atoms with Crippen molar-refractivity contribution in [3.63, 3.8) is 0 Å². The maximum Gasteiger partial charge on any atom is 0.317 e. The Labute approximate surface area is 146 Å². The van der Waals surface area contributed by atoms with Crippen molar-refractivity contribution >= 4 is 23.3 Å². The number of ketones is 1. The van der Waals surface area contributed by atoms with Crippen LogP contribution in [0.1, 0.15) is 35.7 Å². The predicted molar refractivity (Wildman–Crippen MR) is 93.4 cm³/mol. The SMILES string of the molecule is CC(=O)c1cccc(NC(=O)COC(=O)C2(c3ccccc3)CC2)c1. The fraction of sp³-hybridized carbons (Fsp3) is 0.250. The van der Waals surface area contributed by atoms with Crippen LogP contribution in [0.25, 0.3) is 0 Å². The lowest BCUT2D eigenvalue weighted by molar-refractivity contribution is -0.150. The third kappa shape index (κ3) is 3.76. The molecule has 25 heavy (non-hydrogen) atoms. The van der Waals surface area contributed by atoms with E-state index < -0.39 is 11.3 Å². The third-order valence-electron chi connectivity index (χ3n) is 4.35. The molecular formula is C20H19NO4. The summed E-state index contributed by atoms with van der Waals surface area (Å²) in [6.07, 6.45) is 1.47. The van der Waals surface area contributed by atoms with Gasteiger partial charge in [0.2, 0.25) is 0 Å². The quantitative estimate of drug-likeness (QED) is 0.649. The van der Waals surface area contributed by atoms with Gasteiger partial charge >= 0.3 is 5.97 Å². The number of hydrogen-bond acceptors (Lipinski definition) is 4. The maximum absolute atomic E-state index is 12.4. The lowest BCUT2D eigenvalue weighted by Crippen LogP contribution is -2.28. The first-order valence-corrected chi connectivity index (χ1v) is 8.15. The van der Waals surface area contributed by atoms with E-state index >= 15 is 0 Å². The van der Waals surface area contributed by atoms with Crippen LogP contribution in [0.4, 0.5) is 5.69 Å². The van der Waals surface area contributed by atoms with Crippen LogP contribution < -0.4 is 5.32 Å². The summed E-state index contributed by atoms with van der Waals surface area (Å²) in [6.45, 7) is 1.11. The zero-order valence-electron chi connectivity index (χ0n) is 14.0. The molecule has 5 nitrogen and oxygen atoms in total. The average molecular weight is 337 g/mol. The van der Waals surface area contributed by atoms with Crippen molar-refractivity contribution in [2.24, 2.45) is 0 Å². The Morgan fingerprint density at radius 3 is 2.40 bits per heavy atom. The molecule has 0 bridgehead atoms. The van der Waals surface area contributed by atoms with Crippen molar-refractivity contribution in [1.29, 1.82) is 0 Å². The van der Waals surface area contributed by atoms with Gasteiger partial charge in [-0.25, -0.2) is 0 Å². The molecule has 2 aromatic rings. The lowest BCUT2D eigenvalue weighted by atomic mass is 9.96. The van der Waals surface area contributed by atoms with E-state index in [0.29, 0.717) is 11.3 Å². The number of carbonyl (C=O) groups excluding carboxylic acids is 3. The summed E-state index contributed by atoms with van der Waals surface area (Å²) in [5.41, 5.74) is 1.33. The van der Waals surface area contributed by atoms with Gasteiger partial charge in [-0.15, -0.1) is 0 Å². The van der Waals surface area contributed by atoms with Crippen LogP contribution in [0.5, 0.6) is 0 Å². The molecule has 0 heterocycles. The highest BCUT2D eigenvalue weighted by Gasteiger charge is 2.52. The van der Waals surface area contributed by atoms with E-state index in [9.17, 15) is 14.4 Å². The fourth-order valence-electron chi connectivity index (χ4n) is 2.78. The molecule has 1 fully saturated rings. The Bertz CT molecular complexity index is 809. The summed E-state index contributed by atoms with van der Waals surface area (Å²) in [5.74, 6) is -0.884. The molecule has 0 saturated heterocycles. The molecule has 0 unspecified atom stereocenters. The molecule has 0 aliphatic heterocycles. The zero-order chi connectivity index (χ0) is 17.9. The second-order valence-electron chi connectivity index (χ2n) is 6.21. The van der Waals surface area contributed by atoms with E-state index in [0.717, 1.165) is 18.4 Å². The van der Waals surface area contributed by atoms with Crippen LogP contribution in [-0.2, 0) is 19.7 Å². The van der Waals surface area contributed by atoms with Gasteiger partial charge in [-0.05, 0) is 37.5 Å². The van der Waals surface area contributed by atoms with E-state index in [1.165, 1.54) is 6.92 Å². The molecule has 1 aliphatic carbocycles. The van der Waals surface area contributed by atoms with Gasteiger partial charge < -0.3 is 10.1 Å². The maximum atomic E-state index is 12.4. The predicted octanol–water partition coefficient (Wildman–Crippen LogP) is 3.10. The Kier molecular flexibility index (Phi) is 4.65. The topological polar surface area (TPSA) is 72.5 Å². The first kappa shape index (κ1) is 16.9. The number of benzene rings is 2. The minimum atomic E-state index is -0.601. The van der Waals surface area contributed by atoms with Gasteiger partial charge in [-0.2, -0.15) is 0 Å². The van der Waals surface area contributed by atoms with Crippen LogP contribution in [0, 0.1) is 0 Å². The van der Waals surface area contributed by atoms with Gasteiger partial charge in [0.1, 0.15) is 0 Å². The van der Waals surface area contributed by atoms with Crippen molar-refractivity contribution in [2.75, 3.05) is 11.9 Å². The van der Waals surface area contributed by atoms with E-state index in [1.54, 1.807) is 24.3 Å². The molecule has 128 valence electrons. The van der Waals surface area contributed by atoms with Gasteiger partial charge in [-0.1, -0.05) is 42.5 Å². The highest BCUT2D eigenvalue weighted by molar-refractivity contribution is 5.98. The first-order chi connectivity index (χ1) is 12.0. The number of esters is 1. The van der Waals surface area contributed by atoms with Gasteiger partial charge in [0, 0.05) is 11.3 Å². The molecule has 0 spiro atoms. The number of nitrogens with one attached hydrogen (secondary N) is 1. The molecule has 0 radical (unpaired) electrons. The largest absolute Gasteiger partial charge is 0.455 e. The Morgan fingerprint density at radius 1 is 1.04 bits per heavy atom. The van der Waals surface area contributed by atoms with Crippen molar-refractivity contribution in [3.8, 4) is 0 Å². The smallest absolute Gasteiger partial charge is 0.317 e. The Morgan fingerprint density at radius 2 is 1.76 bits per heavy atom. The normalized spacial score (nSPS) is 14.4. The first-order valence-electron chi connectivity index (χ1n) is 8.15.